The van der Waals surface area contributed by atoms with Crippen LogP contribution in [0.5, 0.6) is 0 Å². The van der Waals surface area contributed by atoms with E-state index in [9.17, 15) is 4.79 Å². The Balaban J connectivity index is 1.64. The van der Waals surface area contributed by atoms with Gasteiger partial charge in [0.05, 0.1) is 18.7 Å². The van der Waals surface area contributed by atoms with Crippen LogP contribution in [0.4, 0.5) is 4.79 Å². The lowest BCUT2D eigenvalue weighted by atomic mass is 10.1. The minimum absolute atomic E-state index is 0.0528. The van der Waals surface area contributed by atoms with Gasteiger partial charge in [-0.1, -0.05) is 24.3 Å². The molecule has 102 valence electrons. The van der Waals surface area contributed by atoms with Crippen LogP contribution in [0.15, 0.2) is 24.3 Å². The van der Waals surface area contributed by atoms with Gasteiger partial charge in [0.2, 0.25) is 0 Å². The van der Waals surface area contributed by atoms with Crippen LogP contribution in [-0.4, -0.2) is 31.3 Å². The van der Waals surface area contributed by atoms with E-state index in [1.807, 2.05) is 18.2 Å². The number of nitrogens with two attached hydrogens (primary N) is 1. The van der Waals surface area contributed by atoms with Crippen molar-refractivity contribution in [2.24, 2.45) is 5.73 Å². The normalized spacial score (nSPS) is 29.0. The first-order valence-corrected chi connectivity index (χ1v) is 6.72. The van der Waals surface area contributed by atoms with Crippen molar-refractivity contribution in [3.63, 3.8) is 0 Å². The van der Waals surface area contributed by atoms with E-state index in [-0.39, 0.29) is 24.2 Å². The number of rotatable bonds is 2. The molecule has 1 aliphatic carbocycles. The summed E-state index contributed by atoms with van der Waals surface area (Å²) in [5.41, 5.74) is 8.48. The number of urea groups is 1. The van der Waals surface area contributed by atoms with Gasteiger partial charge in [-0.05, 0) is 24.0 Å². The highest BCUT2D eigenvalue weighted by molar-refractivity contribution is 5.75. The number of nitrogens with one attached hydrogen (secondary N) is 2. The van der Waals surface area contributed by atoms with E-state index >= 15 is 0 Å². The average Bonchev–Trinajstić information content (AvgIpc) is 2.99. The summed E-state index contributed by atoms with van der Waals surface area (Å²) in [6.07, 6.45) is 1.69. The Morgan fingerprint density at radius 3 is 2.95 bits per heavy atom. The molecule has 0 radical (unpaired) electrons. The van der Waals surface area contributed by atoms with Gasteiger partial charge in [0.25, 0.3) is 0 Å². The summed E-state index contributed by atoms with van der Waals surface area (Å²) < 4.78 is 5.24. The minimum atomic E-state index is -0.160. The Kier molecular flexibility index (Phi) is 3.40. The molecule has 19 heavy (non-hydrogen) atoms. The second-order valence-electron chi connectivity index (χ2n) is 5.22. The summed E-state index contributed by atoms with van der Waals surface area (Å²) in [4.78, 5) is 12.0. The van der Waals surface area contributed by atoms with Gasteiger partial charge in [-0.2, -0.15) is 0 Å². The van der Waals surface area contributed by atoms with Crippen molar-refractivity contribution in [3.8, 4) is 0 Å². The van der Waals surface area contributed by atoms with Gasteiger partial charge in [-0.15, -0.1) is 0 Å². The Hall–Kier alpha value is -1.59. The number of hydrogen-bond acceptors (Lipinski definition) is 3. The predicted octanol–water partition coefficient (Wildman–Crippen LogP) is 0.699. The van der Waals surface area contributed by atoms with E-state index in [2.05, 4.69) is 16.7 Å². The number of ether oxygens (including phenoxy) is 1. The number of fused-ring (bicyclic) bond motifs is 1. The second-order valence-corrected chi connectivity index (χ2v) is 5.22. The van der Waals surface area contributed by atoms with Gasteiger partial charge in [-0.25, -0.2) is 4.79 Å². The zero-order valence-corrected chi connectivity index (χ0v) is 10.8. The lowest BCUT2D eigenvalue weighted by Crippen LogP contribution is -2.47. The van der Waals surface area contributed by atoms with Gasteiger partial charge in [0, 0.05) is 12.6 Å². The molecule has 0 spiro atoms. The van der Waals surface area contributed by atoms with Crippen LogP contribution >= 0.6 is 0 Å². The molecule has 1 aromatic rings. The van der Waals surface area contributed by atoms with Crippen molar-refractivity contribution in [2.75, 3.05) is 13.2 Å². The second kappa shape index (κ2) is 5.19. The van der Waals surface area contributed by atoms with Crippen molar-refractivity contribution in [1.29, 1.82) is 0 Å². The molecule has 1 heterocycles. The molecule has 0 aromatic heterocycles. The molecule has 0 bridgehead atoms. The van der Waals surface area contributed by atoms with Crippen LogP contribution in [-0.2, 0) is 11.2 Å². The van der Waals surface area contributed by atoms with Crippen LogP contribution in [0.2, 0.25) is 0 Å². The average molecular weight is 261 g/mol. The maximum Gasteiger partial charge on any atom is 0.315 e. The smallest absolute Gasteiger partial charge is 0.315 e. The van der Waals surface area contributed by atoms with Crippen molar-refractivity contribution in [2.45, 2.75) is 31.0 Å². The summed E-state index contributed by atoms with van der Waals surface area (Å²) >= 11 is 0. The maximum absolute atomic E-state index is 12.0. The lowest BCUT2D eigenvalue weighted by molar-refractivity contribution is 0.188. The number of amides is 2. The first kappa shape index (κ1) is 12.4. The third-order valence-corrected chi connectivity index (χ3v) is 3.83. The largest absolute Gasteiger partial charge is 0.379 e. The van der Waals surface area contributed by atoms with Gasteiger partial charge >= 0.3 is 6.03 Å². The lowest BCUT2D eigenvalue weighted by Gasteiger charge is -2.20. The molecule has 1 saturated heterocycles. The van der Waals surface area contributed by atoms with Gasteiger partial charge in [0.15, 0.2) is 0 Å². The quantitative estimate of drug-likeness (QED) is 0.733. The van der Waals surface area contributed by atoms with Crippen molar-refractivity contribution in [1.82, 2.24) is 10.6 Å². The van der Waals surface area contributed by atoms with E-state index in [1.54, 1.807) is 0 Å². The highest BCUT2D eigenvalue weighted by Gasteiger charge is 2.31. The van der Waals surface area contributed by atoms with Crippen LogP contribution < -0.4 is 16.4 Å². The topological polar surface area (TPSA) is 76.4 Å². The zero-order valence-electron chi connectivity index (χ0n) is 10.8. The summed E-state index contributed by atoms with van der Waals surface area (Å²) in [5.74, 6) is 0. The zero-order chi connectivity index (χ0) is 13.2. The van der Waals surface area contributed by atoms with Crippen molar-refractivity contribution < 1.29 is 9.53 Å². The number of carbonyl (C=O) groups is 1. The molecule has 5 nitrogen and oxygen atoms in total. The number of carbonyl (C=O) groups excluding carboxylic acids is 1. The minimum Gasteiger partial charge on any atom is -0.379 e. The standard InChI is InChI=1S/C14H19N3O2/c15-12-7-9-3-1-2-4-11(9)13(12)17-14(18)16-10-5-6-19-8-10/h1-4,10,12-13H,5-8,15H2,(H2,16,17,18). The van der Waals surface area contributed by atoms with Crippen LogP contribution in [0.25, 0.3) is 0 Å². The highest BCUT2D eigenvalue weighted by atomic mass is 16.5. The Labute approximate surface area is 112 Å². The molecule has 2 aliphatic rings. The van der Waals surface area contributed by atoms with Crippen LogP contribution in [0.1, 0.15) is 23.6 Å². The number of hydrogen-bond donors (Lipinski definition) is 3. The Morgan fingerprint density at radius 1 is 1.32 bits per heavy atom. The van der Waals surface area contributed by atoms with E-state index < -0.39 is 0 Å². The highest BCUT2D eigenvalue weighted by Crippen LogP contribution is 2.29. The molecule has 2 amide bonds. The molecule has 1 fully saturated rings. The summed E-state index contributed by atoms with van der Waals surface area (Å²) in [6.45, 7) is 1.32. The van der Waals surface area contributed by atoms with Crippen molar-refractivity contribution in [3.05, 3.63) is 35.4 Å². The summed E-state index contributed by atoms with van der Waals surface area (Å²) in [6, 6.07) is 7.89. The molecule has 1 aromatic carbocycles. The van der Waals surface area contributed by atoms with Gasteiger partial charge in [-0.3, -0.25) is 0 Å². The molecule has 1 aliphatic heterocycles. The van der Waals surface area contributed by atoms with E-state index in [0.717, 1.165) is 25.0 Å². The SMILES string of the molecule is NC1Cc2ccccc2C1NC(=O)NC1CCOC1. The molecular formula is C14H19N3O2. The third kappa shape index (κ3) is 2.57. The number of benzene rings is 1. The maximum atomic E-state index is 12.0. The molecular weight excluding hydrogens is 242 g/mol. The van der Waals surface area contributed by atoms with Crippen LogP contribution in [0.3, 0.4) is 0 Å². The fraction of sp³-hybridized carbons (Fsp3) is 0.500. The predicted molar refractivity (Wildman–Crippen MR) is 71.8 cm³/mol. The monoisotopic (exact) mass is 261 g/mol. The first-order valence-electron chi connectivity index (χ1n) is 6.72. The molecule has 5 heteroatoms. The molecule has 3 unspecified atom stereocenters. The Morgan fingerprint density at radius 2 is 2.16 bits per heavy atom. The van der Waals surface area contributed by atoms with Gasteiger partial charge in [0.1, 0.15) is 0 Å². The van der Waals surface area contributed by atoms with E-state index in [0.29, 0.717) is 6.61 Å². The van der Waals surface area contributed by atoms with E-state index in [1.165, 1.54) is 5.56 Å². The molecule has 0 saturated carbocycles. The van der Waals surface area contributed by atoms with E-state index in [4.69, 9.17) is 10.5 Å². The summed E-state index contributed by atoms with van der Waals surface area (Å²) in [7, 11) is 0. The first-order chi connectivity index (χ1) is 9.24. The molecule has 3 atom stereocenters. The van der Waals surface area contributed by atoms with Crippen molar-refractivity contribution >= 4 is 6.03 Å². The Bertz CT molecular complexity index is 472. The molecule has 3 rings (SSSR count). The molecule has 4 N–H and O–H groups in total. The fourth-order valence-corrected chi connectivity index (χ4v) is 2.83. The van der Waals surface area contributed by atoms with Crippen LogP contribution in [0, 0.1) is 0 Å². The third-order valence-electron chi connectivity index (χ3n) is 3.83. The fourth-order valence-electron chi connectivity index (χ4n) is 2.83. The summed E-state index contributed by atoms with van der Waals surface area (Å²) in [5, 5.41) is 5.91. The van der Waals surface area contributed by atoms with Gasteiger partial charge < -0.3 is 21.1 Å².